The van der Waals surface area contributed by atoms with E-state index < -0.39 is 10.8 Å². The van der Waals surface area contributed by atoms with Crippen LogP contribution in [0.2, 0.25) is 5.02 Å². The minimum Gasteiger partial charge on any atom is -0.508 e. The van der Waals surface area contributed by atoms with Gasteiger partial charge in [0.15, 0.2) is 11.2 Å². The number of phenols is 1. The lowest BCUT2D eigenvalue weighted by Gasteiger charge is -2.12. The number of hydrogen-bond acceptors (Lipinski definition) is 6. The fourth-order valence-corrected chi connectivity index (χ4v) is 5.79. The van der Waals surface area contributed by atoms with E-state index in [0.717, 1.165) is 16.5 Å². The predicted octanol–water partition coefficient (Wildman–Crippen LogP) is 5.91. The van der Waals surface area contributed by atoms with Crippen LogP contribution in [0.15, 0.2) is 101 Å². The van der Waals surface area contributed by atoms with Gasteiger partial charge >= 0.3 is 0 Å². The Kier molecular flexibility index (Phi) is 6.64. The molecule has 0 saturated heterocycles. The van der Waals surface area contributed by atoms with Gasteiger partial charge in [-0.2, -0.15) is 0 Å². The minimum atomic E-state index is -1.48. The predicted molar refractivity (Wildman–Crippen MR) is 154 cm³/mol. The second kappa shape index (κ2) is 10.4. The molecule has 0 radical (unpaired) electrons. The highest BCUT2D eigenvalue weighted by Crippen LogP contribution is 2.34. The first-order valence-electron chi connectivity index (χ1n) is 12.2. The first-order chi connectivity index (χ1) is 19.0. The van der Waals surface area contributed by atoms with Crippen LogP contribution < -0.4 is 5.43 Å². The average molecular weight is 553 g/mol. The molecular formula is C30H21ClN4O3S. The lowest BCUT2D eigenvalue weighted by Crippen LogP contribution is -2.12. The van der Waals surface area contributed by atoms with Gasteiger partial charge in [-0.25, -0.2) is 9.97 Å². The Labute approximate surface area is 230 Å². The fraction of sp³-hybridized carbons (Fsp3) is 0.0667. The third-order valence-electron chi connectivity index (χ3n) is 6.37. The van der Waals surface area contributed by atoms with Crippen LogP contribution in [-0.2, 0) is 17.2 Å². The highest BCUT2D eigenvalue weighted by Gasteiger charge is 2.18. The molecule has 6 aromatic rings. The number of aromatic amines is 1. The highest BCUT2D eigenvalue weighted by atomic mass is 35.5. The molecule has 9 heteroatoms. The number of fused-ring (bicyclic) bond motifs is 2. The Balaban J connectivity index is 1.46. The van der Waals surface area contributed by atoms with Crippen LogP contribution in [0.4, 0.5) is 0 Å². The lowest BCUT2D eigenvalue weighted by atomic mass is 10.0. The Morgan fingerprint density at radius 2 is 1.62 bits per heavy atom. The van der Waals surface area contributed by atoms with Gasteiger partial charge in [0, 0.05) is 34.5 Å². The van der Waals surface area contributed by atoms with Crippen LogP contribution in [0.25, 0.3) is 44.6 Å². The molecular weight excluding hydrogens is 532 g/mol. The molecule has 39 heavy (non-hydrogen) atoms. The molecule has 0 aliphatic rings. The van der Waals surface area contributed by atoms with E-state index in [2.05, 4.69) is 9.97 Å². The molecule has 0 aliphatic carbocycles. The van der Waals surface area contributed by atoms with Crippen LogP contribution in [0, 0.1) is 0 Å². The maximum absolute atomic E-state index is 13.2. The van der Waals surface area contributed by atoms with E-state index in [1.807, 2.05) is 48.5 Å². The molecule has 3 aromatic carbocycles. The molecule has 0 aliphatic heterocycles. The van der Waals surface area contributed by atoms with Crippen molar-refractivity contribution < 1.29 is 9.32 Å². The molecule has 0 fully saturated rings. The summed E-state index contributed by atoms with van der Waals surface area (Å²) < 4.78 is 13.1. The summed E-state index contributed by atoms with van der Waals surface area (Å²) in [6.45, 7) is 0. The smallest absolute Gasteiger partial charge is 0.210 e. The molecule has 3 aromatic heterocycles. The zero-order valence-electron chi connectivity index (χ0n) is 20.5. The van der Waals surface area contributed by atoms with Gasteiger partial charge in [0.2, 0.25) is 5.43 Å². The summed E-state index contributed by atoms with van der Waals surface area (Å²) in [5.41, 5.74) is 4.22. The number of aromatic hydroxyl groups is 1. The summed E-state index contributed by atoms with van der Waals surface area (Å²) in [6.07, 6.45) is 2.20. The zero-order valence-corrected chi connectivity index (χ0v) is 22.0. The van der Waals surface area contributed by atoms with Crippen molar-refractivity contribution in [1.82, 2.24) is 19.9 Å². The molecule has 7 nitrogen and oxygen atoms in total. The van der Waals surface area contributed by atoms with Gasteiger partial charge in [-0.3, -0.25) is 14.0 Å². The zero-order chi connectivity index (χ0) is 26.9. The highest BCUT2D eigenvalue weighted by molar-refractivity contribution is 7.84. The number of rotatable bonds is 6. The third kappa shape index (κ3) is 5.04. The van der Waals surface area contributed by atoms with Crippen LogP contribution in [0.5, 0.6) is 5.75 Å². The van der Waals surface area contributed by atoms with Crippen molar-refractivity contribution >= 4 is 44.5 Å². The van der Waals surface area contributed by atoms with Gasteiger partial charge in [-0.05, 0) is 42.3 Å². The van der Waals surface area contributed by atoms with Crippen LogP contribution >= 0.6 is 11.6 Å². The van der Waals surface area contributed by atoms with E-state index in [1.54, 1.807) is 36.5 Å². The first kappa shape index (κ1) is 24.9. The van der Waals surface area contributed by atoms with Gasteiger partial charge < -0.3 is 10.1 Å². The van der Waals surface area contributed by atoms with E-state index in [0.29, 0.717) is 39.7 Å². The number of hydrogen-bond donors (Lipinski definition) is 2. The van der Waals surface area contributed by atoms with Gasteiger partial charge in [0.1, 0.15) is 10.8 Å². The number of halogens is 1. The van der Waals surface area contributed by atoms with E-state index in [4.69, 9.17) is 21.6 Å². The summed E-state index contributed by atoms with van der Waals surface area (Å²) in [5, 5.41) is 11.1. The number of pyridine rings is 2. The summed E-state index contributed by atoms with van der Waals surface area (Å²) in [7, 11) is -1.48. The standard InChI is InChI=1S/C30H21ClN4O3S/c31-23-16-21(15-20-7-4-13-32-26(20)23)28-27(19-5-2-1-3-6-19)35-30-29(34-28)24(37)17-25(33-30)39(38)14-12-18-8-10-22(36)11-9-18/h1-11,13,15-17,36H,12,14H2,(H,33,35,37). The second-order valence-electron chi connectivity index (χ2n) is 8.98. The SMILES string of the molecule is O=c1cc(S(=O)CCc2ccc(O)cc2)[nH]c2nc(-c3ccccc3)c(-c3cc(Cl)c4ncccc4c3)nc12. The molecule has 2 N–H and O–H groups in total. The summed E-state index contributed by atoms with van der Waals surface area (Å²) in [6, 6.07) is 25.1. The summed E-state index contributed by atoms with van der Waals surface area (Å²) >= 11 is 6.57. The summed E-state index contributed by atoms with van der Waals surface area (Å²) in [4.78, 5) is 30.2. The van der Waals surface area contributed by atoms with Gasteiger partial charge in [-0.1, -0.05) is 60.1 Å². The normalized spacial score (nSPS) is 12.1. The number of aryl methyl sites for hydroxylation is 1. The van der Waals surface area contributed by atoms with E-state index >= 15 is 0 Å². The molecule has 0 spiro atoms. The van der Waals surface area contributed by atoms with Crippen molar-refractivity contribution in [3.8, 4) is 28.3 Å². The van der Waals surface area contributed by atoms with Crippen LogP contribution in [0.1, 0.15) is 5.56 Å². The Morgan fingerprint density at radius 3 is 2.41 bits per heavy atom. The number of nitrogens with zero attached hydrogens (tertiary/aromatic N) is 3. The van der Waals surface area contributed by atoms with Gasteiger partial charge in [0.25, 0.3) is 0 Å². The minimum absolute atomic E-state index is 0.145. The maximum atomic E-state index is 13.2. The Morgan fingerprint density at radius 1 is 0.846 bits per heavy atom. The van der Waals surface area contributed by atoms with Crippen LogP contribution in [0.3, 0.4) is 0 Å². The second-order valence-corrected chi connectivity index (χ2v) is 10.9. The monoisotopic (exact) mass is 552 g/mol. The molecule has 1 unspecified atom stereocenters. The van der Waals surface area contributed by atoms with E-state index in [9.17, 15) is 14.1 Å². The van der Waals surface area contributed by atoms with Crippen molar-refractivity contribution in [2.45, 2.75) is 11.4 Å². The van der Waals surface area contributed by atoms with Crippen LogP contribution in [-0.4, -0.2) is 35.0 Å². The van der Waals surface area contributed by atoms with Crippen molar-refractivity contribution in [2.75, 3.05) is 5.75 Å². The largest absolute Gasteiger partial charge is 0.508 e. The van der Waals surface area contributed by atoms with Gasteiger partial charge in [-0.15, -0.1) is 0 Å². The lowest BCUT2D eigenvalue weighted by molar-refractivity contribution is 0.475. The van der Waals surface area contributed by atoms with Crippen molar-refractivity contribution in [3.05, 3.63) is 112 Å². The Bertz CT molecular complexity index is 1930. The van der Waals surface area contributed by atoms with E-state index in [1.165, 1.54) is 6.07 Å². The molecule has 0 saturated carbocycles. The number of H-pyrrole nitrogens is 1. The fourth-order valence-electron chi connectivity index (χ4n) is 4.42. The van der Waals surface area contributed by atoms with Crippen molar-refractivity contribution in [1.29, 1.82) is 0 Å². The summed E-state index contributed by atoms with van der Waals surface area (Å²) in [5.74, 6) is 0.473. The molecule has 192 valence electrons. The molecule has 6 rings (SSSR count). The number of nitrogens with one attached hydrogen (secondary N) is 1. The molecule has 0 amide bonds. The maximum Gasteiger partial charge on any atom is 0.210 e. The average Bonchev–Trinajstić information content (AvgIpc) is 2.96. The quantitative estimate of drug-likeness (QED) is 0.266. The number of phenolic OH excluding ortho intramolecular Hbond substituents is 1. The van der Waals surface area contributed by atoms with Gasteiger partial charge in [0.05, 0.1) is 32.7 Å². The molecule has 0 bridgehead atoms. The number of aromatic nitrogens is 4. The van der Waals surface area contributed by atoms with Crippen molar-refractivity contribution in [2.24, 2.45) is 0 Å². The topological polar surface area (TPSA) is 109 Å². The van der Waals surface area contributed by atoms with Crippen molar-refractivity contribution in [3.63, 3.8) is 0 Å². The Hall–Kier alpha value is -4.40. The molecule has 3 heterocycles. The third-order valence-corrected chi connectivity index (χ3v) is 7.94. The first-order valence-corrected chi connectivity index (χ1v) is 13.9. The molecule has 1 atom stereocenters. The number of benzene rings is 3. The van der Waals surface area contributed by atoms with E-state index in [-0.39, 0.29) is 27.4 Å².